The minimum atomic E-state index is -2.75. The van der Waals surface area contributed by atoms with Crippen molar-refractivity contribution in [1.29, 1.82) is 0 Å². The maximum atomic E-state index is 14.9. The molecule has 2 amide bonds. The number of halogens is 3. The average Bonchev–Trinajstić information content (AvgIpc) is 3.18. The fraction of sp³-hybridized carbons (Fsp3) is 0.652. The van der Waals surface area contributed by atoms with E-state index in [-0.39, 0.29) is 25.1 Å². The van der Waals surface area contributed by atoms with Crippen LogP contribution in [0.2, 0.25) is 0 Å². The van der Waals surface area contributed by atoms with Gasteiger partial charge in [0, 0.05) is 41.8 Å². The van der Waals surface area contributed by atoms with Gasteiger partial charge in [0.25, 0.3) is 11.8 Å². The number of ether oxygens (including phenoxy) is 1. The van der Waals surface area contributed by atoms with Crippen molar-refractivity contribution in [1.82, 2.24) is 24.9 Å². The number of rotatable bonds is 3. The number of fused-ring (bicyclic) bond motifs is 2. The van der Waals surface area contributed by atoms with E-state index in [0.717, 1.165) is 0 Å². The van der Waals surface area contributed by atoms with Gasteiger partial charge in [-0.15, -0.1) is 0 Å². The summed E-state index contributed by atoms with van der Waals surface area (Å²) in [6, 6.07) is -0.604. The highest BCUT2D eigenvalue weighted by molar-refractivity contribution is 6.04. The highest BCUT2D eigenvalue weighted by Crippen LogP contribution is 2.70. The summed E-state index contributed by atoms with van der Waals surface area (Å²) < 4.78 is 50.0. The highest BCUT2D eigenvalue weighted by atomic mass is 19.3. The molecule has 12 heteroatoms. The highest BCUT2D eigenvalue weighted by Gasteiger charge is 2.78. The molecule has 2 aliphatic carbocycles. The molecule has 5 rings (SSSR count). The summed E-state index contributed by atoms with van der Waals surface area (Å²) in [6.45, 7) is 7.01. The van der Waals surface area contributed by atoms with Crippen LogP contribution < -0.4 is 5.32 Å². The first-order valence-electron chi connectivity index (χ1n) is 11.7. The molecule has 0 spiro atoms. The number of hydrogen-bond acceptors (Lipinski definition) is 5. The zero-order chi connectivity index (χ0) is 25.3. The number of H-pyrrole nitrogens is 1. The van der Waals surface area contributed by atoms with E-state index in [1.807, 2.05) is 0 Å². The molecule has 2 fully saturated rings. The van der Waals surface area contributed by atoms with Crippen LogP contribution in [0.3, 0.4) is 0 Å². The fourth-order valence-corrected chi connectivity index (χ4v) is 5.25. The Labute approximate surface area is 200 Å². The molecule has 3 aliphatic rings. The predicted molar refractivity (Wildman–Crippen MR) is 119 cm³/mol. The molecule has 1 saturated heterocycles. The molecule has 0 radical (unpaired) electrons. The summed E-state index contributed by atoms with van der Waals surface area (Å²) in [4.78, 5) is 26.4. The van der Waals surface area contributed by atoms with Crippen LogP contribution in [0.5, 0.6) is 0 Å². The standard InChI is InChI=1S/C23H29F3N6O3/c1-21(2,3)35-20(34)31-6-5-16(14(24)11-31)32-10-12(9-27-32)28-19(33)18-13-7-17-22(4,23(17,25)26)8-15(13)29-30-18/h9-10,14,16-17H,5-8,11H2,1-4H3,(H,28,33)(H,29,30)/t14-,16-,17+,22-/m1/s1. The number of aromatic amines is 1. The summed E-state index contributed by atoms with van der Waals surface area (Å²) in [5, 5.41) is 13.7. The Morgan fingerprint density at radius 2 is 2.06 bits per heavy atom. The lowest BCUT2D eigenvalue weighted by Crippen LogP contribution is -2.47. The van der Waals surface area contributed by atoms with Crippen molar-refractivity contribution in [2.75, 3.05) is 18.4 Å². The van der Waals surface area contributed by atoms with E-state index in [0.29, 0.717) is 29.9 Å². The van der Waals surface area contributed by atoms with E-state index < -0.39 is 47.1 Å². The molecule has 0 unspecified atom stereocenters. The van der Waals surface area contributed by atoms with E-state index >= 15 is 0 Å². The molecular weight excluding hydrogens is 465 g/mol. The van der Waals surface area contributed by atoms with E-state index in [1.165, 1.54) is 22.0 Å². The number of hydrogen-bond donors (Lipinski definition) is 2. The normalized spacial score (nSPS) is 29.2. The van der Waals surface area contributed by atoms with Gasteiger partial charge in [0.1, 0.15) is 11.8 Å². The van der Waals surface area contributed by atoms with Gasteiger partial charge in [-0.25, -0.2) is 18.0 Å². The van der Waals surface area contributed by atoms with Crippen LogP contribution in [0.1, 0.15) is 61.9 Å². The lowest BCUT2D eigenvalue weighted by Gasteiger charge is -2.35. The summed E-state index contributed by atoms with van der Waals surface area (Å²) in [5.74, 6) is -4.07. The SMILES string of the molecule is CC(C)(C)OC(=O)N1CC[C@@H](n2cc(NC(=O)c3n[nH]c4c3C[C@@H]3C(F)(F)[C@]3(C)C4)cn2)[C@H](F)C1. The van der Waals surface area contributed by atoms with Gasteiger partial charge in [0.05, 0.1) is 24.5 Å². The number of piperidine rings is 1. The molecule has 190 valence electrons. The smallest absolute Gasteiger partial charge is 0.410 e. The van der Waals surface area contributed by atoms with Crippen LogP contribution in [0, 0.1) is 11.3 Å². The largest absolute Gasteiger partial charge is 0.444 e. The first kappa shape index (κ1) is 23.7. The van der Waals surface area contributed by atoms with Gasteiger partial charge < -0.3 is 15.0 Å². The number of aromatic nitrogens is 4. The van der Waals surface area contributed by atoms with E-state index in [9.17, 15) is 22.8 Å². The van der Waals surface area contributed by atoms with Crippen molar-refractivity contribution in [3.05, 3.63) is 29.3 Å². The lowest BCUT2D eigenvalue weighted by molar-refractivity contribution is 0.00575. The van der Waals surface area contributed by atoms with Gasteiger partial charge in [-0.3, -0.25) is 14.6 Å². The maximum Gasteiger partial charge on any atom is 0.410 e. The second-order valence-electron chi connectivity index (χ2n) is 11.0. The van der Waals surface area contributed by atoms with Gasteiger partial charge in [-0.05, 0) is 33.6 Å². The Hall–Kier alpha value is -3.05. The van der Waals surface area contributed by atoms with Gasteiger partial charge in [0.2, 0.25) is 0 Å². The Morgan fingerprint density at radius 1 is 1.31 bits per heavy atom. The minimum absolute atomic E-state index is 0.0894. The monoisotopic (exact) mass is 494 g/mol. The molecule has 1 saturated carbocycles. The molecule has 2 N–H and O–H groups in total. The molecule has 9 nitrogen and oxygen atoms in total. The third kappa shape index (κ3) is 3.96. The van der Waals surface area contributed by atoms with E-state index in [2.05, 4.69) is 20.6 Å². The maximum absolute atomic E-state index is 14.9. The van der Waals surface area contributed by atoms with Crippen molar-refractivity contribution in [2.24, 2.45) is 11.3 Å². The van der Waals surface area contributed by atoms with Crippen molar-refractivity contribution in [3.8, 4) is 0 Å². The van der Waals surface area contributed by atoms with Crippen LogP contribution in [-0.2, 0) is 17.6 Å². The van der Waals surface area contributed by atoms with Crippen LogP contribution in [-0.4, -0.2) is 67.7 Å². The third-order valence-electron chi connectivity index (χ3n) is 7.36. The number of likely N-dealkylation sites (tertiary alicyclic amines) is 1. The Morgan fingerprint density at radius 3 is 2.74 bits per heavy atom. The lowest BCUT2D eigenvalue weighted by atomic mass is 9.87. The summed E-state index contributed by atoms with van der Waals surface area (Å²) >= 11 is 0. The minimum Gasteiger partial charge on any atom is -0.444 e. The summed E-state index contributed by atoms with van der Waals surface area (Å²) in [6.07, 6.45) is 1.57. The molecule has 1 aliphatic heterocycles. The number of anilines is 1. The molecule has 4 atom stereocenters. The molecule has 3 heterocycles. The molecular formula is C23H29F3N6O3. The van der Waals surface area contributed by atoms with Gasteiger partial charge in [-0.2, -0.15) is 10.2 Å². The molecule has 35 heavy (non-hydrogen) atoms. The Bertz CT molecular complexity index is 1170. The second-order valence-corrected chi connectivity index (χ2v) is 11.0. The van der Waals surface area contributed by atoms with Crippen LogP contribution in [0.15, 0.2) is 12.4 Å². The van der Waals surface area contributed by atoms with Gasteiger partial charge in [-0.1, -0.05) is 6.92 Å². The van der Waals surface area contributed by atoms with Crippen LogP contribution in [0.25, 0.3) is 0 Å². The average molecular weight is 495 g/mol. The predicted octanol–water partition coefficient (Wildman–Crippen LogP) is 3.75. The Kier molecular flexibility index (Phi) is 5.23. The molecule has 2 aromatic heterocycles. The van der Waals surface area contributed by atoms with Crippen molar-refractivity contribution >= 4 is 17.7 Å². The zero-order valence-corrected chi connectivity index (χ0v) is 20.1. The summed E-state index contributed by atoms with van der Waals surface area (Å²) in [7, 11) is 0. The third-order valence-corrected chi connectivity index (χ3v) is 7.36. The molecule has 2 aromatic rings. The fourth-order valence-electron chi connectivity index (χ4n) is 5.25. The first-order valence-corrected chi connectivity index (χ1v) is 11.7. The number of carbonyl (C=O) groups is 2. The molecule has 0 aromatic carbocycles. The zero-order valence-electron chi connectivity index (χ0n) is 20.1. The van der Waals surface area contributed by atoms with Gasteiger partial charge >= 0.3 is 6.09 Å². The van der Waals surface area contributed by atoms with Crippen molar-refractivity contribution in [2.45, 2.75) is 70.7 Å². The second kappa shape index (κ2) is 7.72. The number of nitrogens with zero attached hydrogens (tertiary/aromatic N) is 4. The van der Waals surface area contributed by atoms with Crippen molar-refractivity contribution in [3.63, 3.8) is 0 Å². The number of carbonyl (C=O) groups excluding carboxylic acids is 2. The molecule has 0 bridgehead atoms. The van der Waals surface area contributed by atoms with Crippen LogP contribution in [0.4, 0.5) is 23.7 Å². The quantitative estimate of drug-likeness (QED) is 0.676. The van der Waals surface area contributed by atoms with Crippen LogP contribution >= 0.6 is 0 Å². The van der Waals surface area contributed by atoms with E-state index in [4.69, 9.17) is 4.74 Å². The number of nitrogens with one attached hydrogen (secondary N) is 2. The Balaban J connectivity index is 1.22. The topological polar surface area (TPSA) is 105 Å². The van der Waals surface area contributed by atoms with Gasteiger partial charge in [0.15, 0.2) is 5.69 Å². The number of amides is 2. The van der Waals surface area contributed by atoms with E-state index in [1.54, 1.807) is 27.7 Å². The van der Waals surface area contributed by atoms with Crippen molar-refractivity contribution < 1.29 is 27.5 Å². The number of alkyl halides is 3. The summed E-state index contributed by atoms with van der Waals surface area (Å²) in [5.41, 5.74) is -0.227. The first-order chi connectivity index (χ1) is 16.3.